The number of carbonyl (C=O) groups is 1. The van der Waals surface area contributed by atoms with Crippen LogP contribution in [0.5, 0.6) is 23.0 Å². The molecule has 0 atom stereocenters. The van der Waals surface area contributed by atoms with Gasteiger partial charge in [0.1, 0.15) is 13.2 Å². The molecule has 0 unspecified atom stereocenters. The van der Waals surface area contributed by atoms with Crippen LogP contribution in [0.2, 0.25) is 0 Å². The van der Waals surface area contributed by atoms with Gasteiger partial charge in [-0.3, -0.25) is 4.79 Å². The monoisotopic (exact) mass is 538 g/mol. The van der Waals surface area contributed by atoms with Crippen molar-refractivity contribution in [2.45, 2.75) is 13.5 Å². The van der Waals surface area contributed by atoms with Gasteiger partial charge in [-0.1, -0.05) is 43.0 Å². The highest BCUT2D eigenvalue weighted by atomic mass is 79.9. The van der Waals surface area contributed by atoms with Crippen molar-refractivity contribution in [1.29, 1.82) is 0 Å². The molecule has 0 aromatic heterocycles. The minimum atomic E-state index is -0.404. The molecule has 0 spiro atoms. The Morgan fingerprint density at radius 3 is 2.49 bits per heavy atom. The van der Waals surface area contributed by atoms with Gasteiger partial charge in [0.15, 0.2) is 23.0 Å². The second-order valence-corrected chi connectivity index (χ2v) is 8.05. The summed E-state index contributed by atoms with van der Waals surface area (Å²) in [5.41, 5.74) is 4.68. The van der Waals surface area contributed by atoms with Gasteiger partial charge in [-0.25, -0.2) is 5.43 Å². The van der Waals surface area contributed by atoms with Crippen molar-refractivity contribution in [2.75, 3.05) is 20.3 Å². The summed E-state index contributed by atoms with van der Waals surface area (Å²) in [4.78, 5) is 12.7. The van der Waals surface area contributed by atoms with Crippen LogP contribution in [-0.4, -0.2) is 32.4 Å². The Morgan fingerprint density at radius 2 is 1.77 bits per heavy atom. The SMILES string of the molecule is C=CCOc1cc(Br)c(C(=O)N/N=C/c2ccc(OCc3ccccc3)c(OC)c2)cc1OCC. The molecule has 0 aliphatic carbocycles. The van der Waals surface area contributed by atoms with Crippen LogP contribution in [-0.2, 0) is 6.61 Å². The van der Waals surface area contributed by atoms with Gasteiger partial charge < -0.3 is 18.9 Å². The van der Waals surface area contributed by atoms with Crippen molar-refractivity contribution in [3.8, 4) is 23.0 Å². The summed E-state index contributed by atoms with van der Waals surface area (Å²) in [6.07, 6.45) is 3.16. The molecule has 0 bridgehead atoms. The van der Waals surface area contributed by atoms with E-state index in [-0.39, 0.29) is 0 Å². The Labute approximate surface area is 213 Å². The average Bonchev–Trinajstić information content (AvgIpc) is 2.88. The zero-order valence-corrected chi connectivity index (χ0v) is 21.2. The van der Waals surface area contributed by atoms with E-state index in [1.165, 1.54) is 6.21 Å². The third kappa shape index (κ3) is 7.35. The highest BCUT2D eigenvalue weighted by molar-refractivity contribution is 9.10. The van der Waals surface area contributed by atoms with E-state index < -0.39 is 5.91 Å². The summed E-state index contributed by atoms with van der Waals surface area (Å²) in [7, 11) is 1.57. The van der Waals surface area contributed by atoms with Gasteiger partial charge in [-0.2, -0.15) is 5.10 Å². The van der Waals surface area contributed by atoms with Crippen molar-refractivity contribution in [1.82, 2.24) is 5.43 Å². The Morgan fingerprint density at radius 1 is 1.00 bits per heavy atom. The van der Waals surface area contributed by atoms with Crippen LogP contribution in [0.3, 0.4) is 0 Å². The molecule has 182 valence electrons. The number of methoxy groups -OCH3 is 1. The van der Waals surface area contributed by atoms with Crippen LogP contribution in [0.15, 0.2) is 82.9 Å². The lowest BCUT2D eigenvalue weighted by Gasteiger charge is -2.13. The molecule has 7 nitrogen and oxygen atoms in total. The summed E-state index contributed by atoms with van der Waals surface area (Å²) in [5.74, 6) is 1.75. The lowest BCUT2D eigenvalue weighted by atomic mass is 10.2. The lowest BCUT2D eigenvalue weighted by Crippen LogP contribution is -2.18. The first-order valence-electron chi connectivity index (χ1n) is 10.9. The van der Waals surface area contributed by atoms with Gasteiger partial charge in [0.05, 0.1) is 25.5 Å². The van der Waals surface area contributed by atoms with Gasteiger partial charge in [0.25, 0.3) is 5.91 Å². The maximum absolute atomic E-state index is 12.7. The number of amides is 1. The summed E-state index contributed by atoms with van der Waals surface area (Å²) in [6.45, 7) is 6.68. The van der Waals surface area contributed by atoms with Crippen molar-refractivity contribution in [3.63, 3.8) is 0 Å². The van der Waals surface area contributed by atoms with Crippen LogP contribution in [0.25, 0.3) is 0 Å². The van der Waals surface area contributed by atoms with Crippen LogP contribution < -0.4 is 24.4 Å². The van der Waals surface area contributed by atoms with Crippen LogP contribution in [0, 0.1) is 0 Å². The van der Waals surface area contributed by atoms with Crippen molar-refractivity contribution in [2.24, 2.45) is 5.10 Å². The molecule has 0 saturated heterocycles. The molecule has 0 saturated carbocycles. The van der Waals surface area contributed by atoms with E-state index in [0.29, 0.717) is 52.9 Å². The second-order valence-electron chi connectivity index (χ2n) is 7.20. The molecule has 0 aliphatic heterocycles. The first-order chi connectivity index (χ1) is 17.0. The summed E-state index contributed by atoms with van der Waals surface area (Å²) >= 11 is 3.42. The molecule has 0 radical (unpaired) electrons. The molecule has 35 heavy (non-hydrogen) atoms. The first-order valence-corrected chi connectivity index (χ1v) is 11.7. The number of halogens is 1. The van der Waals surface area contributed by atoms with Gasteiger partial charge in [-0.15, -0.1) is 0 Å². The van der Waals surface area contributed by atoms with Gasteiger partial charge in [0.2, 0.25) is 0 Å². The number of nitrogens with one attached hydrogen (secondary N) is 1. The maximum Gasteiger partial charge on any atom is 0.272 e. The average molecular weight is 539 g/mol. The normalized spacial score (nSPS) is 10.6. The molecule has 0 aliphatic rings. The van der Waals surface area contributed by atoms with Crippen LogP contribution >= 0.6 is 15.9 Å². The smallest absolute Gasteiger partial charge is 0.272 e. The number of nitrogens with zero attached hydrogens (tertiary/aromatic N) is 1. The third-order valence-electron chi connectivity index (χ3n) is 4.74. The maximum atomic E-state index is 12.7. The zero-order chi connectivity index (χ0) is 25.0. The molecule has 0 fully saturated rings. The fourth-order valence-electron chi connectivity index (χ4n) is 3.08. The number of carbonyl (C=O) groups excluding carboxylic acids is 1. The molecule has 3 aromatic carbocycles. The van der Waals surface area contributed by atoms with E-state index in [0.717, 1.165) is 11.1 Å². The number of hydrazone groups is 1. The van der Waals surface area contributed by atoms with Crippen LogP contribution in [0.4, 0.5) is 0 Å². The summed E-state index contributed by atoms with van der Waals surface area (Å²) < 4.78 is 23.1. The van der Waals surface area contributed by atoms with Gasteiger partial charge in [-0.05, 0) is 64.3 Å². The minimum Gasteiger partial charge on any atom is -0.493 e. The lowest BCUT2D eigenvalue weighted by molar-refractivity contribution is 0.0954. The number of benzene rings is 3. The molecular weight excluding hydrogens is 512 g/mol. The first kappa shape index (κ1) is 25.8. The Bertz CT molecular complexity index is 1180. The van der Waals surface area contributed by atoms with E-state index >= 15 is 0 Å². The number of ether oxygens (including phenoxy) is 4. The van der Waals surface area contributed by atoms with E-state index in [1.54, 1.807) is 37.5 Å². The Kier molecular flexibility index (Phi) is 9.74. The van der Waals surface area contributed by atoms with E-state index in [1.807, 2.05) is 43.3 Å². The molecule has 3 aromatic rings. The summed E-state index contributed by atoms with van der Waals surface area (Å²) in [6, 6.07) is 18.6. The zero-order valence-electron chi connectivity index (χ0n) is 19.6. The number of hydrogen-bond acceptors (Lipinski definition) is 6. The topological polar surface area (TPSA) is 78.4 Å². The Balaban J connectivity index is 1.67. The van der Waals surface area contributed by atoms with E-state index in [2.05, 4.69) is 33.0 Å². The molecule has 0 heterocycles. The second kappa shape index (κ2) is 13.2. The number of rotatable bonds is 12. The molecule has 8 heteroatoms. The molecular formula is C27H27BrN2O5. The largest absolute Gasteiger partial charge is 0.493 e. The predicted molar refractivity (Wildman–Crippen MR) is 140 cm³/mol. The molecule has 3 rings (SSSR count). The van der Waals surface area contributed by atoms with Gasteiger partial charge in [0, 0.05) is 4.47 Å². The minimum absolute atomic E-state index is 0.321. The fraction of sp³-hybridized carbons (Fsp3) is 0.185. The van der Waals surface area contributed by atoms with Crippen LogP contribution in [0.1, 0.15) is 28.4 Å². The van der Waals surface area contributed by atoms with Gasteiger partial charge >= 0.3 is 0 Å². The fourth-order valence-corrected chi connectivity index (χ4v) is 3.59. The Hall–Kier alpha value is -3.78. The highest BCUT2D eigenvalue weighted by Crippen LogP contribution is 2.34. The van der Waals surface area contributed by atoms with E-state index in [4.69, 9.17) is 18.9 Å². The highest BCUT2D eigenvalue weighted by Gasteiger charge is 2.16. The van der Waals surface area contributed by atoms with Crippen molar-refractivity contribution < 1.29 is 23.7 Å². The number of hydrogen-bond donors (Lipinski definition) is 1. The quantitative estimate of drug-likeness (QED) is 0.180. The van der Waals surface area contributed by atoms with Crippen molar-refractivity contribution in [3.05, 3.63) is 94.5 Å². The predicted octanol–water partition coefficient (Wildman–Crippen LogP) is 5.76. The third-order valence-corrected chi connectivity index (χ3v) is 5.40. The molecule has 1 amide bonds. The summed E-state index contributed by atoms with van der Waals surface area (Å²) in [5, 5.41) is 4.08. The van der Waals surface area contributed by atoms with E-state index in [9.17, 15) is 4.79 Å². The van der Waals surface area contributed by atoms with Crippen molar-refractivity contribution >= 4 is 28.1 Å². The standard InChI is InChI=1S/C27H27BrN2O5/c1-4-13-34-26-16-22(28)21(15-25(26)33-5-2)27(31)30-29-17-20-11-12-23(24(14-20)32-3)35-18-19-9-7-6-8-10-19/h4,6-12,14-17H,1,5,13,18H2,2-3H3,(H,30,31)/b29-17+. The molecule has 1 N–H and O–H groups in total.